The third-order valence-corrected chi connectivity index (χ3v) is 6.11. The number of alkyl halides is 2. The fraction of sp³-hybridized carbons (Fsp3) is 0.714. The Morgan fingerprint density at radius 1 is 1.40 bits per heavy atom. The van der Waals surface area contributed by atoms with Crippen LogP contribution in [0, 0.1) is 5.92 Å². The number of hydrogen-bond acceptors (Lipinski definition) is 6. The Balaban J connectivity index is 1.29. The van der Waals surface area contributed by atoms with Crippen molar-refractivity contribution in [2.75, 3.05) is 40.0 Å². The first-order chi connectivity index (χ1) is 14.4. The van der Waals surface area contributed by atoms with E-state index in [0.717, 1.165) is 25.1 Å². The number of halogens is 2. The number of nitrogens with one attached hydrogen (secondary N) is 1. The molecule has 2 atom stereocenters. The highest BCUT2D eigenvalue weighted by atomic mass is 19.3. The second-order valence-electron chi connectivity index (χ2n) is 8.60. The van der Waals surface area contributed by atoms with Gasteiger partial charge in [-0.1, -0.05) is 6.07 Å². The maximum absolute atomic E-state index is 13.0. The zero-order valence-electron chi connectivity index (χ0n) is 17.2. The minimum atomic E-state index is -2.69. The number of amides is 1. The lowest BCUT2D eigenvalue weighted by Crippen LogP contribution is -2.47. The van der Waals surface area contributed by atoms with Gasteiger partial charge in [-0.15, -0.1) is 0 Å². The van der Waals surface area contributed by atoms with Crippen LogP contribution in [0.25, 0.3) is 0 Å². The fourth-order valence-corrected chi connectivity index (χ4v) is 4.47. The molecule has 1 amide bonds. The molecule has 1 aromatic rings. The van der Waals surface area contributed by atoms with Crippen molar-refractivity contribution in [2.45, 2.75) is 49.9 Å². The molecule has 4 rings (SSSR count). The molecular weight excluding hydrogens is 396 g/mol. The van der Waals surface area contributed by atoms with E-state index in [9.17, 15) is 13.6 Å². The van der Waals surface area contributed by atoms with E-state index < -0.39 is 17.4 Å². The topological polar surface area (TPSA) is 72.9 Å². The summed E-state index contributed by atoms with van der Waals surface area (Å²) < 4.78 is 43.3. The molecular formula is C21H29F2N3O4. The van der Waals surface area contributed by atoms with E-state index >= 15 is 0 Å². The maximum Gasteiger partial charge on any atom is 0.249 e. The summed E-state index contributed by atoms with van der Waals surface area (Å²) in [6, 6.07) is 5.72. The van der Waals surface area contributed by atoms with Gasteiger partial charge in [0.25, 0.3) is 0 Å². The molecule has 2 saturated heterocycles. The first-order valence-corrected chi connectivity index (χ1v) is 10.5. The van der Waals surface area contributed by atoms with Crippen LogP contribution in [-0.2, 0) is 20.8 Å². The third-order valence-electron chi connectivity index (χ3n) is 6.11. The summed E-state index contributed by atoms with van der Waals surface area (Å²) in [6.45, 7) is 3.64. The number of methoxy groups -OCH3 is 1. The standard InChI is InChI=1S/C21H29F2N3O4/c1-28-18-4-2-3-16(25-18)12-26-7-8-29-14-20(13-26)6-5-17(30-20)11-24-19(27)15-9-21(22,23)10-15/h2-4,15,17H,5-14H2,1H3,(H,24,27)/t17-,20-/m0/s1. The lowest BCUT2D eigenvalue weighted by atomic mass is 9.81. The molecule has 3 aliphatic rings. The van der Waals surface area contributed by atoms with Crippen LogP contribution in [0.4, 0.5) is 8.78 Å². The molecule has 0 radical (unpaired) electrons. The highest BCUT2D eigenvalue weighted by Gasteiger charge is 2.49. The van der Waals surface area contributed by atoms with Crippen LogP contribution < -0.4 is 10.1 Å². The van der Waals surface area contributed by atoms with Gasteiger partial charge in [0.2, 0.25) is 17.7 Å². The molecule has 2 aliphatic heterocycles. The second-order valence-corrected chi connectivity index (χ2v) is 8.60. The predicted octanol–water partition coefficient (Wildman–Crippen LogP) is 2.00. The molecule has 166 valence electrons. The number of rotatable bonds is 6. The van der Waals surface area contributed by atoms with Gasteiger partial charge in [-0.2, -0.15) is 0 Å². The van der Waals surface area contributed by atoms with Crippen molar-refractivity contribution in [2.24, 2.45) is 5.92 Å². The van der Waals surface area contributed by atoms with Crippen LogP contribution in [0.5, 0.6) is 5.88 Å². The molecule has 0 aromatic carbocycles. The molecule has 1 aliphatic carbocycles. The molecule has 3 fully saturated rings. The molecule has 30 heavy (non-hydrogen) atoms. The van der Waals surface area contributed by atoms with Crippen molar-refractivity contribution in [1.29, 1.82) is 0 Å². The minimum Gasteiger partial charge on any atom is -0.481 e. The van der Waals surface area contributed by atoms with Gasteiger partial charge < -0.3 is 19.5 Å². The van der Waals surface area contributed by atoms with E-state index in [0.29, 0.717) is 38.7 Å². The van der Waals surface area contributed by atoms with E-state index in [1.165, 1.54) is 0 Å². The Labute approximate surface area is 175 Å². The molecule has 3 heterocycles. The second kappa shape index (κ2) is 8.72. The number of pyridine rings is 1. The first kappa shape index (κ1) is 21.4. The zero-order chi connectivity index (χ0) is 21.2. The Morgan fingerprint density at radius 3 is 3.00 bits per heavy atom. The van der Waals surface area contributed by atoms with Crippen molar-refractivity contribution in [3.05, 3.63) is 23.9 Å². The SMILES string of the molecule is COc1cccc(CN2CCOC[C@]3(CC[C@@H](CNC(=O)C4CC(F)(F)C4)O3)C2)n1. The van der Waals surface area contributed by atoms with Crippen molar-refractivity contribution in [3.8, 4) is 5.88 Å². The van der Waals surface area contributed by atoms with Crippen LogP contribution in [-0.4, -0.2) is 73.4 Å². The van der Waals surface area contributed by atoms with Gasteiger partial charge in [0, 0.05) is 51.0 Å². The van der Waals surface area contributed by atoms with Gasteiger partial charge in [0.15, 0.2) is 0 Å². The Kier molecular flexibility index (Phi) is 6.22. The van der Waals surface area contributed by atoms with Gasteiger partial charge in [-0.25, -0.2) is 13.8 Å². The molecule has 9 heteroatoms. The highest BCUT2D eigenvalue weighted by molar-refractivity contribution is 5.79. The summed E-state index contributed by atoms with van der Waals surface area (Å²) in [5.41, 5.74) is 0.499. The van der Waals surface area contributed by atoms with E-state index in [1.54, 1.807) is 7.11 Å². The summed E-state index contributed by atoms with van der Waals surface area (Å²) in [5, 5.41) is 2.79. The van der Waals surface area contributed by atoms with Crippen LogP contribution in [0.3, 0.4) is 0 Å². The van der Waals surface area contributed by atoms with Gasteiger partial charge in [0.05, 0.1) is 32.1 Å². The third kappa shape index (κ3) is 5.07. The van der Waals surface area contributed by atoms with Crippen molar-refractivity contribution in [1.82, 2.24) is 15.2 Å². The van der Waals surface area contributed by atoms with Crippen LogP contribution >= 0.6 is 0 Å². The molecule has 7 nitrogen and oxygen atoms in total. The molecule has 1 spiro atoms. The van der Waals surface area contributed by atoms with Crippen molar-refractivity contribution >= 4 is 5.91 Å². The quantitative estimate of drug-likeness (QED) is 0.752. The molecule has 1 N–H and O–H groups in total. The van der Waals surface area contributed by atoms with E-state index in [1.807, 2.05) is 18.2 Å². The highest BCUT2D eigenvalue weighted by Crippen LogP contribution is 2.42. The Morgan fingerprint density at radius 2 is 2.23 bits per heavy atom. The Bertz CT molecular complexity index is 758. The number of ether oxygens (including phenoxy) is 3. The zero-order valence-corrected chi connectivity index (χ0v) is 17.2. The normalized spacial score (nSPS) is 29.4. The molecule has 0 unspecified atom stereocenters. The van der Waals surface area contributed by atoms with Crippen molar-refractivity contribution < 1.29 is 27.8 Å². The summed E-state index contributed by atoms with van der Waals surface area (Å²) >= 11 is 0. The number of carbonyl (C=O) groups excluding carboxylic acids is 1. The number of carbonyl (C=O) groups is 1. The summed E-state index contributed by atoms with van der Waals surface area (Å²) in [7, 11) is 1.60. The minimum absolute atomic E-state index is 0.131. The van der Waals surface area contributed by atoms with Gasteiger partial charge >= 0.3 is 0 Å². The largest absolute Gasteiger partial charge is 0.481 e. The predicted molar refractivity (Wildman–Crippen MR) is 104 cm³/mol. The lowest BCUT2D eigenvalue weighted by Gasteiger charge is -2.34. The van der Waals surface area contributed by atoms with Crippen LogP contribution in [0.1, 0.15) is 31.4 Å². The van der Waals surface area contributed by atoms with Gasteiger partial charge in [0.1, 0.15) is 5.60 Å². The maximum atomic E-state index is 13.0. The smallest absolute Gasteiger partial charge is 0.249 e. The number of nitrogens with zero attached hydrogens (tertiary/aromatic N) is 2. The lowest BCUT2D eigenvalue weighted by molar-refractivity contribution is -0.151. The average Bonchev–Trinajstić information content (AvgIpc) is 2.99. The molecule has 1 saturated carbocycles. The fourth-order valence-electron chi connectivity index (χ4n) is 4.47. The van der Waals surface area contributed by atoms with Gasteiger partial charge in [-0.05, 0) is 18.9 Å². The summed E-state index contributed by atoms with van der Waals surface area (Å²) in [4.78, 5) is 18.8. The van der Waals surface area contributed by atoms with Crippen LogP contribution in [0.15, 0.2) is 18.2 Å². The monoisotopic (exact) mass is 425 g/mol. The van der Waals surface area contributed by atoms with Crippen molar-refractivity contribution in [3.63, 3.8) is 0 Å². The average molecular weight is 425 g/mol. The van der Waals surface area contributed by atoms with E-state index in [4.69, 9.17) is 14.2 Å². The Hall–Kier alpha value is -1.84. The first-order valence-electron chi connectivity index (χ1n) is 10.5. The molecule has 0 bridgehead atoms. The van der Waals surface area contributed by atoms with E-state index in [-0.39, 0.29) is 24.9 Å². The van der Waals surface area contributed by atoms with Crippen LogP contribution in [0.2, 0.25) is 0 Å². The summed E-state index contributed by atoms with van der Waals surface area (Å²) in [6.07, 6.45) is 0.797. The molecule has 1 aromatic heterocycles. The number of aromatic nitrogens is 1. The summed E-state index contributed by atoms with van der Waals surface area (Å²) in [5.74, 6) is -2.98. The number of hydrogen-bond donors (Lipinski definition) is 1. The van der Waals surface area contributed by atoms with Gasteiger partial charge in [-0.3, -0.25) is 9.69 Å². The van der Waals surface area contributed by atoms with E-state index in [2.05, 4.69) is 15.2 Å².